The standard InChI is InChI=1S/C16H20N10O4/c1-23-5-25(9-11(23)19-15(17)21-13(9)29)3-7(27)8(28)4-26-6-24(2)12-10(26)14(30)22-16(18)20-12/h5-8,27-28H,3-4H2,1-2H3,(H4-2,17,18,19,20,21,22,29,30)/p+2/t7-,8+. The summed E-state index contributed by atoms with van der Waals surface area (Å²) in [6, 6.07) is 0. The van der Waals surface area contributed by atoms with Crippen molar-refractivity contribution in [1.82, 2.24) is 29.1 Å². The van der Waals surface area contributed by atoms with E-state index in [9.17, 15) is 19.8 Å². The third-order valence-corrected chi connectivity index (χ3v) is 4.87. The van der Waals surface area contributed by atoms with Gasteiger partial charge in [0.1, 0.15) is 12.2 Å². The minimum atomic E-state index is -1.25. The Kier molecular flexibility index (Phi) is 4.51. The van der Waals surface area contributed by atoms with Gasteiger partial charge in [0.2, 0.25) is 11.0 Å². The highest BCUT2D eigenvalue weighted by Crippen LogP contribution is 2.10. The zero-order valence-electron chi connectivity index (χ0n) is 16.3. The van der Waals surface area contributed by atoms with E-state index in [2.05, 4.69) is 19.9 Å². The molecule has 0 radical (unpaired) electrons. The molecule has 0 unspecified atom stereocenters. The third-order valence-electron chi connectivity index (χ3n) is 4.87. The number of hydrogen-bond donors (Lipinski definition) is 6. The second kappa shape index (κ2) is 6.93. The van der Waals surface area contributed by atoms with Crippen LogP contribution in [0, 0.1) is 0 Å². The van der Waals surface area contributed by atoms with Gasteiger partial charge >= 0.3 is 11.3 Å². The maximum Gasteiger partial charge on any atom is 0.311 e. The Hall–Kier alpha value is -3.78. The van der Waals surface area contributed by atoms with Gasteiger partial charge < -0.3 is 21.7 Å². The van der Waals surface area contributed by atoms with Gasteiger partial charge in [0.15, 0.2) is 12.7 Å². The summed E-state index contributed by atoms with van der Waals surface area (Å²) in [4.78, 5) is 37.6. The molecule has 0 spiro atoms. The average Bonchev–Trinajstić information content (AvgIpc) is 3.12. The summed E-state index contributed by atoms with van der Waals surface area (Å²) in [5.74, 6) is -0.0403. The molecule has 158 valence electrons. The molecular weight excluding hydrogens is 396 g/mol. The van der Waals surface area contributed by atoms with E-state index in [0.29, 0.717) is 11.3 Å². The monoisotopic (exact) mass is 418 g/mol. The van der Waals surface area contributed by atoms with Gasteiger partial charge in [0.05, 0.1) is 27.2 Å². The first-order valence-corrected chi connectivity index (χ1v) is 9.00. The molecule has 14 nitrogen and oxygen atoms in total. The lowest BCUT2D eigenvalue weighted by atomic mass is 10.2. The molecule has 0 fully saturated rings. The Morgan fingerprint density at radius 1 is 0.900 bits per heavy atom. The summed E-state index contributed by atoms with van der Waals surface area (Å²) in [6.07, 6.45) is 0.650. The second-order valence-corrected chi connectivity index (χ2v) is 7.14. The summed E-state index contributed by atoms with van der Waals surface area (Å²) in [5, 5.41) is 21.1. The summed E-state index contributed by atoms with van der Waals surface area (Å²) >= 11 is 0. The predicted molar refractivity (Wildman–Crippen MR) is 104 cm³/mol. The minimum absolute atomic E-state index is 0.0201. The van der Waals surface area contributed by atoms with Crippen LogP contribution < -0.4 is 31.7 Å². The van der Waals surface area contributed by atoms with Gasteiger partial charge in [0.25, 0.3) is 23.0 Å². The van der Waals surface area contributed by atoms with E-state index in [-0.39, 0.29) is 36.0 Å². The van der Waals surface area contributed by atoms with Crippen molar-refractivity contribution in [3.8, 4) is 0 Å². The molecule has 4 heterocycles. The van der Waals surface area contributed by atoms with E-state index < -0.39 is 23.3 Å². The average molecular weight is 418 g/mol. The first-order valence-electron chi connectivity index (χ1n) is 9.00. The van der Waals surface area contributed by atoms with Crippen molar-refractivity contribution in [2.24, 2.45) is 14.1 Å². The Morgan fingerprint density at radius 3 is 1.63 bits per heavy atom. The maximum atomic E-state index is 12.3. The number of nitrogens with zero attached hydrogens (tertiary/aromatic N) is 6. The normalized spacial score (nSPS) is 13.9. The van der Waals surface area contributed by atoms with Crippen molar-refractivity contribution in [3.63, 3.8) is 0 Å². The molecule has 0 aromatic carbocycles. The number of aryl methyl sites for hydroxylation is 2. The fourth-order valence-corrected chi connectivity index (χ4v) is 3.52. The number of nitrogens with two attached hydrogens (primary N) is 2. The van der Waals surface area contributed by atoms with Crippen LogP contribution in [0.4, 0.5) is 11.9 Å². The van der Waals surface area contributed by atoms with Crippen LogP contribution in [-0.4, -0.2) is 51.5 Å². The highest BCUT2D eigenvalue weighted by Gasteiger charge is 2.28. The number of hydrogen-bond acceptors (Lipinski definition) is 8. The van der Waals surface area contributed by atoms with Crippen molar-refractivity contribution in [2.45, 2.75) is 25.3 Å². The second-order valence-electron chi connectivity index (χ2n) is 7.14. The SMILES string of the molecule is C[n+]1cn(C[C@@H](O)[C@@H](O)Cn2c[n+](C)c3nc(N)[nH]c(=O)c32)c2c(=O)[nH]c(N)nc21. The van der Waals surface area contributed by atoms with Gasteiger partial charge in [-0.05, 0) is 0 Å². The summed E-state index contributed by atoms with van der Waals surface area (Å²) in [6.45, 7) is -0.167. The number of H-pyrrole nitrogens is 2. The molecule has 2 atom stereocenters. The molecule has 0 aliphatic carbocycles. The number of aliphatic hydroxyl groups is 2. The zero-order chi connectivity index (χ0) is 21.7. The minimum Gasteiger partial charge on any atom is -0.387 e. The lowest BCUT2D eigenvalue weighted by molar-refractivity contribution is -0.647. The summed E-state index contributed by atoms with van der Waals surface area (Å²) < 4.78 is 6.15. The Morgan fingerprint density at radius 2 is 1.27 bits per heavy atom. The van der Waals surface area contributed by atoms with Crippen LogP contribution in [0.3, 0.4) is 0 Å². The molecule has 0 saturated carbocycles. The number of anilines is 2. The number of fused-ring (bicyclic) bond motifs is 2. The topological polar surface area (TPSA) is 202 Å². The lowest BCUT2D eigenvalue weighted by Crippen LogP contribution is -2.35. The molecule has 4 aromatic rings. The molecule has 0 aliphatic heterocycles. The molecule has 0 amide bonds. The van der Waals surface area contributed by atoms with E-state index in [1.165, 1.54) is 9.13 Å². The summed E-state index contributed by atoms with van der Waals surface area (Å²) in [5.41, 5.74) is 11.4. The van der Waals surface area contributed by atoms with Gasteiger partial charge in [-0.1, -0.05) is 9.97 Å². The Bertz CT molecular complexity index is 1270. The predicted octanol–water partition coefficient (Wildman–Crippen LogP) is -4.00. The van der Waals surface area contributed by atoms with E-state index in [4.69, 9.17) is 11.5 Å². The largest absolute Gasteiger partial charge is 0.387 e. The fraction of sp³-hybridized carbons (Fsp3) is 0.375. The number of imidazole rings is 2. The highest BCUT2D eigenvalue weighted by atomic mass is 16.3. The number of aromatic amines is 2. The van der Waals surface area contributed by atoms with Crippen molar-refractivity contribution in [1.29, 1.82) is 0 Å². The first kappa shape index (κ1) is 19.5. The van der Waals surface area contributed by atoms with Crippen LogP contribution in [0.25, 0.3) is 22.3 Å². The van der Waals surface area contributed by atoms with Crippen LogP contribution >= 0.6 is 0 Å². The van der Waals surface area contributed by atoms with Crippen molar-refractivity contribution in [2.75, 3.05) is 11.5 Å². The maximum absolute atomic E-state index is 12.3. The van der Waals surface area contributed by atoms with Crippen molar-refractivity contribution >= 4 is 34.2 Å². The number of nitrogens with one attached hydrogen (secondary N) is 2. The molecule has 4 aromatic heterocycles. The molecule has 8 N–H and O–H groups in total. The van der Waals surface area contributed by atoms with Crippen LogP contribution in [0.5, 0.6) is 0 Å². The number of aromatic nitrogens is 8. The van der Waals surface area contributed by atoms with E-state index in [0.717, 1.165) is 0 Å². The number of nitrogen functional groups attached to an aromatic ring is 2. The van der Waals surface area contributed by atoms with E-state index in [1.54, 1.807) is 35.9 Å². The smallest absolute Gasteiger partial charge is 0.311 e. The van der Waals surface area contributed by atoms with Crippen LogP contribution in [0.2, 0.25) is 0 Å². The lowest BCUT2D eigenvalue weighted by Gasteiger charge is -2.15. The van der Waals surface area contributed by atoms with Crippen LogP contribution in [-0.2, 0) is 27.2 Å². The fourth-order valence-electron chi connectivity index (χ4n) is 3.52. The Balaban J connectivity index is 1.62. The quantitative estimate of drug-likeness (QED) is 0.176. The highest BCUT2D eigenvalue weighted by molar-refractivity contribution is 5.67. The molecule has 4 rings (SSSR count). The van der Waals surface area contributed by atoms with Gasteiger partial charge in [-0.15, -0.1) is 0 Å². The van der Waals surface area contributed by atoms with Crippen molar-refractivity contribution < 1.29 is 19.3 Å². The molecule has 0 saturated heterocycles. The zero-order valence-corrected chi connectivity index (χ0v) is 16.3. The third kappa shape index (κ3) is 3.17. The van der Waals surface area contributed by atoms with E-state index in [1.807, 2.05) is 0 Å². The summed E-state index contributed by atoms with van der Waals surface area (Å²) in [7, 11) is 3.37. The molecular formula is C16H22N10O4+2. The van der Waals surface area contributed by atoms with Crippen molar-refractivity contribution in [3.05, 3.63) is 33.4 Å². The van der Waals surface area contributed by atoms with Gasteiger partial charge in [-0.3, -0.25) is 28.7 Å². The van der Waals surface area contributed by atoms with Gasteiger partial charge in [0, 0.05) is 0 Å². The molecule has 14 heteroatoms. The first-order chi connectivity index (χ1) is 14.2. The van der Waals surface area contributed by atoms with Crippen LogP contribution in [0.15, 0.2) is 22.2 Å². The molecule has 0 aliphatic rings. The number of aliphatic hydroxyl groups excluding tert-OH is 2. The van der Waals surface area contributed by atoms with E-state index >= 15 is 0 Å². The van der Waals surface area contributed by atoms with Crippen LogP contribution in [0.1, 0.15) is 0 Å². The Labute approximate surface area is 167 Å². The number of rotatable bonds is 5. The molecule has 30 heavy (non-hydrogen) atoms. The molecule has 0 bridgehead atoms. The van der Waals surface area contributed by atoms with Gasteiger partial charge in [-0.25, -0.2) is 9.13 Å². The van der Waals surface area contributed by atoms with Gasteiger partial charge in [-0.2, -0.15) is 0 Å².